The van der Waals surface area contributed by atoms with E-state index in [0.717, 1.165) is 22.9 Å². The Morgan fingerprint density at radius 1 is 1.12 bits per heavy atom. The second-order valence-electron chi connectivity index (χ2n) is 5.18. The maximum atomic E-state index is 12.1. The van der Waals surface area contributed by atoms with E-state index in [1.807, 2.05) is 13.0 Å². The van der Waals surface area contributed by atoms with Gasteiger partial charge in [-0.25, -0.2) is 4.79 Å². The zero-order chi connectivity index (χ0) is 17.1. The maximum absolute atomic E-state index is 12.1. The van der Waals surface area contributed by atoms with E-state index in [-0.39, 0.29) is 5.24 Å². The summed E-state index contributed by atoms with van der Waals surface area (Å²) in [6.07, 6.45) is 1.61. The van der Waals surface area contributed by atoms with Crippen LogP contribution < -0.4 is 10.1 Å². The Labute approximate surface area is 142 Å². The first-order valence-electron chi connectivity index (χ1n) is 7.15. The molecule has 0 spiro atoms. The van der Waals surface area contributed by atoms with Crippen LogP contribution in [0.25, 0.3) is 6.08 Å². The summed E-state index contributed by atoms with van der Waals surface area (Å²) in [5, 5.41) is 1.82. The largest absolute Gasteiger partial charge is 0.423 e. The van der Waals surface area contributed by atoms with Gasteiger partial charge in [0.25, 0.3) is 11.1 Å². The van der Waals surface area contributed by atoms with Gasteiger partial charge in [-0.05, 0) is 54.6 Å². The number of thioether (sulfide) groups is 1. The average molecular weight is 339 g/mol. The molecule has 5 nitrogen and oxygen atoms in total. The van der Waals surface area contributed by atoms with E-state index < -0.39 is 11.9 Å². The minimum atomic E-state index is -0.430. The first kappa shape index (κ1) is 16.0. The molecule has 0 aromatic heterocycles. The summed E-state index contributed by atoms with van der Waals surface area (Å²) >= 11 is 0.858. The number of hydrogen-bond donors (Lipinski definition) is 1. The van der Waals surface area contributed by atoms with Crippen LogP contribution in [0.4, 0.5) is 4.79 Å². The summed E-state index contributed by atoms with van der Waals surface area (Å²) in [6, 6.07) is 13.9. The molecule has 1 aliphatic rings. The summed E-state index contributed by atoms with van der Waals surface area (Å²) in [4.78, 5) is 35.0. The number of esters is 1. The third kappa shape index (κ3) is 3.72. The highest BCUT2D eigenvalue weighted by Crippen LogP contribution is 2.26. The number of carbonyl (C=O) groups is 3. The van der Waals surface area contributed by atoms with Gasteiger partial charge >= 0.3 is 5.97 Å². The summed E-state index contributed by atoms with van der Waals surface area (Å²) < 4.78 is 5.32. The maximum Gasteiger partial charge on any atom is 0.343 e. The van der Waals surface area contributed by atoms with E-state index in [4.69, 9.17) is 4.74 Å². The van der Waals surface area contributed by atoms with E-state index in [9.17, 15) is 14.4 Å². The number of nitrogens with one attached hydrogen (secondary N) is 1. The van der Waals surface area contributed by atoms with Crippen LogP contribution in [0, 0.1) is 6.92 Å². The van der Waals surface area contributed by atoms with Crippen molar-refractivity contribution in [3.05, 3.63) is 70.1 Å². The molecule has 3 rings (SSSR count). The van der Waals surface area contributed by atoms with Crippen LogP contribution in [0.5, 0.6) is 5.75 Å². The lowest BCUT2D eigenvalue weighted by Crippen LogP contribution is -2.17. The number of benzene rings is 2. The molecule has 6 heteroatoms. The number of amides is 2. The Morgan fingerprint density at radius 2 is 1.88 bits per heavy atom. The molecule has 1 aliphatic heterocycles. The molecule has 2 aromatic rings. The molecule has 2 amide bonds. The number of rotatable bonds is 3. The van der Waals surface area contributed by atoms with Crippen LogP contribution in [0.15, 0.2) is 53.4 Å². The highest BCUT2D eigenvalue weighted by Gasteiger charge is 2.24. The van der Waals surface area contributed by atoms with Crippen LogP contribution in [-0.2, 0) is 4.79 Å². The lowest BCUT2D eigenvalue weighted by molar-refractivity contribution is -0.115. The third-order valence-electron chi connectivity index (χ3n) is 3.28. The average Bonchev–Trinajstić information content (AvgIpc) is 2.87. The first-order chi connectivity index (χ1) is 11.5. The van der Waals surface area contributed by atoms with Crippen molar-refractivity contribution in [2.24, 2.45) is 0 Å². The van der Waals surface area contributed by atoms with Crippen molar-refractivity contribution in [3.8, 4) is 5.75 Å². The Bertz CT molecular complexity index is 856. The molecule has 0 saturated carbocycles. The van der Waals surface area contributed by atoms with Gasteiger partial charge in [0.15, 0.2) is 0 Å². The molecule has 0 radical (unpaired) electrons. The lowest BCUT2D eigenvalue weighted by Gasteiger charge is -2.05. The van der Waals surface area contributed by atoms with Crippen LogP contribution in [0.3, 0.4) is 0 Å². The molecule has 2 aromatic carbocycles. The van der Waals surface area contributed by atoms with Gasteiger partial charge in [0, 0.05) is 0 Å². The van der Waals surface area contributed by atoms with Crippen molar-refractivity contribution in [3.63, 3.8) is 0 Å². The fourth-order valence-electron chi connectivity index (χ4n) is 2.14. The van der Waals surface area contributed by atoms with Crippen LogP contribution >= 0.6 is 11.8 Å². The second kappa shape index (κ2) is 6.72. The van der Waals surface area contributed by atoms with Gasteiger partial charge in [-0.15, -0.1) is 0 Å². The normalized spacial score (nSPS) is 15.5. The Balaban J connectivity index is 1.71. The summed E-state index contributed by atoms with van der Waals surface area (Å²) in [5.41, 5.74) is 2.20. The van der Waals surface area contributed by atoms with Crippen LogP contribution in [0.1, 0.15) is 21.5 Å². The minimum absolute atomic E-state index is 0.338. The van der Waals surface area contributed by atoms with E-state index in [1.54, 1.807) is 48.5 Å². The van der Waals surface area contributed by atoms with Crippen molar-refractivity contribution in [1.82, 2.24) is 5.32 Å². The van der Waals surface area contributed by atoms with E-state index in [0.29, 0.717) is 16.2 Å². The highest BCUT2D eigenvalue weighted by atomic mass is 32.2. The predicted molar refractivity (Wildman–Crippen MR) is 91.7 cm³/mol. The number of imide groups is 1. The van der Waals surface area contributed by atoms with Crippen LogP contribution in [-0.4, -0.2) is 17.1 Å². The molecule has 0 unspecified atom stereocenters. The standard InChI is InChI=1S/C18H13NO4S/c1-11-3-2-4-13(9-11)17(21)23-14-7-5-12(6-8-14)10-15-16(20)19-18(22)24-15/h2-10H,1H3,(H,19,20,22)/b15-10-. The predicted octanol–water partition coefficient (Wildman–Crippen LogP) is 3.54. The molecule has 1 fully saturated rings. The molecule has 0 aliphatic carbocycles. The smallest absolute Gasteiger partial charge is 0.343 e. The Kier molecular flexibility index (Phi) is 4.48. The van der Waals surface area contributed by atoms with Crippen molar-refractivity contribution < 1.29 is 19.1 Å². The van der Waals surface area contributed by atoms with Gasteiger partial charge in [-0.1, -0.05) is 29.8 Å². The number of hydrogen-bond acceptors (Lipinski definition) is 5. The van der Waals surface area contributed by atoms with E-state index in [1.165, 1.54) is 0 Å². The summed E-state index contributed by atoms with van der Waals surface area (Å²) in [5.74, 6) is -0.427. The zero-order valence-electron chi connectivity index (χ0n) is 12.7. The van der Waals surface area contributed by atoms with E-state index >= 15 is 0 Å². The zero-order valence-corrected chi connectivity index (χ0v) is 13.6. The van der Waals surface area contributed by atoms with Gasteiger partial charge in [-0.2, -0.15) is 0 Å². The molecular formula is C18H13NO4S. The Hall–Kier alpha value is -2.86. The van der Waals surface area contributed by atoms with Crippen molar-refractivity contribution in [1.29, 1.82) is 0 Å². The van der Waals surface area contributed by atoms with Gasteiger partial charge in [0.2, 0.25) is 0 Å². The lowest BCUT2D eigenvalue weighted by atomic mass is 10.1. The molecule has 1 saturated heterocycles. The minimum Gasteiger partial charge on any atom is -0.423 e. The van der Waals surface area contributed by atoms with Crippen molar-refractivity contribution in [2.75, 3.05) is 0 Å². The topological polar surface area (TPSA) is 72.5 Å². The SMILES string of the molecule is Cc1cccc(C(=O)Oc2ccc(/C=C3\SC(=O)NC3=O)cc2)c1. The molecule has 120 valence electrons. The fraction of sp³-hybridized carbons (Fsp3) is 0.0556. The number of ether oxygens (including phenoxy) is 1. The summed E-state index contributed by atoms with van der Waals surface area (Å²) in [6.45, 7) is 1.90. The highest BCUT2D eigenvalue weighted by molar-refractivity contribution is 8.18. The molecule has 0 bridgehead atoms. The quantitative estimate of drug-likeness (QED) is 0.526. The Morgan fingerprint density at radius 3 is 2.50 bits per heavy atom. The molecule has 1 N–H and O–H groups in total. The number of aryl methyl sites for hydroxylation is 1. The summed E-state index contributed by atoms with van der Waals surface area (Å²) in [7, 11) is 0. The molecule has 1 heterocycles. The molecular weight excluding hydrogens is 326 g/mol. The number of carbonyl (C=O) groups excluding carboxylic acids is 3. The first-order valence-corrected chi connectivity index (χ1v) is 7.97. The fourth-order valence-corrected chi connectivity index (χ4v) is 2.82. The van der Waals surface area contributed by atoms with Gasteiger partial charge in [-0.3, -0.25) is 14.9 Å². The second-order valence-corrected chi connectivity index (χ2v) is 6.20. The third-order valence-corrected chi connectivity index (χ3v) is 4.09. The van der Waals surface area contributed by atoms with Gasteiger partial charge < -0.3 is 4.74 Å². The monoisotopic (exact) mass is 339 g/mol. The van der Waals surface area contributed by atoms with Gasteiger partial charge in [0.1, 0.15) is 5.75 Å². The molecule has 24 heavy (non-hydrogen) atoms. The van der Waals surface area contributed by atoms with Crippen LogP contribution in [0.2, 0.25) is 0 Å². The van der Waals surface area contributed by atoms with Gasteiger partial charge in [0.05, 0.1) is 10.5 Å². The van der Waals surface area contributed by atoms with Crippen molar-refractivity contribution in [2.45, 2.75) is 6.92 Å². The molecule has 0 atom stereocenters. The van der Waals surface area contributed by atoms with E-state index in [2.05, 4.69) is 5.32 Å². The van der Waals surface area contributed by atoms with Crippen molar-refractivity contribution >= 4 is 35.0 Å².